The molecular weight excluding hydrogens is 418 g/mol. The molecule has 0 bridgehead atoms. The Morgan fingerprint density at radius 3 is 2.73 bits per heavy atom. The van der Waals surface area contributed by atoms with Crippen molar-refractivity contribution in [1.82, 2.24) is 29.7 Å². The third-order valence-corrected chi connectivity index (χ3v) is 5.62. The Morgan fingerprint density at radius 1 is 1.30 bits per heavy atom. The van der Waals surface area contributed by atoms with E-state index >= 15 is 0 Å². The summed E-state index contributed by atoms with van der Waals surface area (Å²) in [7, 11) is 0. The number of hydrogen-bond donors (Lipinski definition) is 2. The van der Waals surface area contributed by atoms with Crippen LogP contribution in [-0.4, -0.2) is 35.6 Å². The molecule has 0 atom stereocenters. The van der Waals surface area contributed by atoms with Gasteiger partial charge < -0.3 is 0 Å². The second kappa shape index (κ2) is 8.47. The van der Waals surface area contributed by atoms with Gasteiger partial charge in [0.25, 0.3) is 5.91 Å². The van der Waals surface area contributed by atoms with Gasteiger partial charge in [-0.2, -0.15) is 5.10 Å². The first-order chi connectivity index (χ1) is 14.6. The summed E-state index contributed by atoms with van der Waals surface area (Å²) in [6.07, 6.45) is 4.75. The number of amides is 1. The number of aryl methyl sites for hydroxylation is 1. The summed E-state index contributed by atoms with van der Waals surface area (Å²) in [5.41, 5.74) is 1.97. The van der Waals surface area contributed by atoms with Crippen LogP contribution in [0.1, 0.15) is 16.1 Å². The lowest BCUT2D eigenvalue weighted by atomic mass is 10.2. The van der Waals surface area contributed by atoms with E-state index in [2.05, 4.69) is 37.0 Å². The molecular formula is C20H17N7OS2. The first-order valence-corrected chi connectivity index (χ1v) is 10.2. The van der Waals surface area contributed by atoms with E-state index in [1.165, 1.54) is 23.7 Å². The SMILES string of the molecule is C=CCn1c(-c2sc(NC(=O)c3cnc(-c4ccccc4)nc3)nc2C)n[nH]c1=S. The van der Waals surface area contributed by atoms with Crippen LogP contribution in [0.4, 0.5) is 5.13 Å². The molecule has 3 aromatic heterocycles. The van der Waals surface area contributed by atoms with Gasteiger partial charge in [-0.3, -0.25) is 19.8 Å². The van der Waals surface area contributed by atoms with Crippen LogP contribution in [0, 0.1) is 11.7 Å². The fourth-order valence-electron chi connectivity index (χ4n) is 2.80. The molecule has 0 unspecified atom stereocenters. The summed E-state index contributed by atoms with van der Waals surface area (Å²) in [5, 5.41) is 10.3. The first kappa shape index (κ1) is 19.8. The van der Waals surface area contributed by atoms with Crippen LogP contribution in [0.25, 0.3) is 22.1 Å². The number of allylic oxidation sites excluding steroid dienone is 1. The third kappa shape index (κ3) is 3.95. The van der Waals surface area contributed by atoms with Gasteiger partial charge in [0.15, 0.2) is 21.6 Å². The minimum atomic E-state index is -0.333. The lowest BCUT2D eigenvalue weighted by Gasteiger charge is -2.03. The summed E-state index contributed by atoms with van der Waals surface area (Å²) in [5.74, 6) is 0.885. The van der Waals surface area contributed by atoms with Crippen molar-refractivity contribution in [3.8, 4) is 22.1 Å². The van der Waals surface area contributed by atoms with Gasteiger partial charge in [0.1, 0.15) is 0 Å². The van der Waals surface area contributed by atoms with Gasteiger partial charge in [-0.1, -0.05) is 47.7 Å². The summed E-state index contributed by atoms with van der Waals surface area (Å²) >= 11 is 6.59. The van der Waals surface area contributed by atoms with Crippen molar-refractivity contribution in [1.29, 1.82) is 0 Å². The van der Waals surface area contributed by atoms with Crippen molar-refractivity contribution in [2.75, 3.05) is 5.32 Å². The lowest BCUT2D eigenvalue weighted by molar-refractivity contribution is 0.102. The number of hydrogen-bond acceptors (Lipinski definition) is 7. The van der Waals surface area contributed by atoms with Crippen LogP contribution in [0.15, 0.2) is 55.4 Å². The largest absolute Gasteiger partial charge is 0.298 e. The molecule has 1 aromatic carbocycles. The molecule has 0 spiro atoms. The Morgan fingerprint density at radius 2 is 2.03 bits per heavy atom. The molecule has 0 aliphatic rings. The number of thiazole rings is 1. The number of aromatic nitrogens is 6. The number of nitrogens with one attached hydrogen (secondary N) is 2. The minimum absolute atomic E-state index is 0.333. The zero-order valence-corrected chi connectivity index (χ0v) is 17.6. The molecule has 3 heterocycles. The van der Waals surface area contributed by atoms with E-state index < -0.39 is 0 Å². The zero-order valence-electron chi connectivity index (χ0n) is 16.0. The van der Waals surface area contributed by atoms with E-state index in [0.717, 1.165) is 16.1 Å². The lowest BCUT2D eigenvalue weighted by Crippen LogP contribution is -2.12. The number of aromatic amines is 1. The molecule has 8 nitrogen and oxygen atoms in total. The van der Waals surface area contributed by atoms with Gasteiger partial charge in [0.05, 0.1) is 16.1 Å². The normalized spacial score (nSPS) is 10.7. The molecule has 30 heavy (non-hydrogen) atoms. The quantitative estimate of drug-likeness (QED) is 0.346. The predicted octanol–water partition coefficient (Wildman–Crippen LogP) is 4.27. The van der Waals surface area contributed by atoms with Crippen LogP contribution >= 0.6 is 23.6 Å². The number of nitrogens with zero attached hydrogens (tertiary/aromatic N) is 5. The highest BCUT2D eigenvalue weighted by atomic mass is 32.1. The van der Waals surface area contributed by atoms with Crippen molar-refractivity contribution in [3.05, 3.63) is 71.4 Å². The zero-order chi connectivity index (χ0) is 21.1. The van der Waals surface area contributed by atoms with E-state index in [1.807, 2.05) is 41.8 Å². The summed E-state index contributed by atoms with van der Waals surface area (Å²) in [6.45, 7) is 6.13. The van der Waals surface area contributed by atoms with Crippen LogP contribution in [0.3, 0.4) is 0 Å². The Hall–Kier alpha value is -3.50. The van der Waals surface area contributed by atoms with Crippen LogP contribution in [0.5, 0.6) is 0 Å². The predicted molar refractivity (Wildman–Crippen MR) is 119 cm³/mol. The van der Waals surface area contributed by atoms with Crippen molar-refractivity contribution < 1.29 is 4.79 Å². The smallest absolute Gasteiger partial charge is 0.260 e. The topological polar surface area (TPSA) is 101 Å². The number of benzene rings is 1. The average Bonchev–Trinajstić information content (AvgIpc) is 3.31. The Labute approximate surface area is 181 Å². The van der Waals surface area contributed by atoms with Crippen molar-refractivity contribution in [2.24, 2.45) is 0 Å². The molecule has 0 aliphatic heterocycles. The highest BCUT2D eigenvalue weighted by Gasteiger charge is 2.18. The highest BCUT2D eigenvalue weighted by molar-refractivity contribution is 7.71. The van der Waals surface area contributed by atoms with Gasteiger partial charge in [-0.15, -0.1) is 6.58 Å². The van der Waals surface area contributed by atoms with Gasteiger partial charge in [-0.25, -0.2) is 15.0 Å². The van der Waals surface area contributed by atoms with E-state index in [-0.39, 0.29) is 5.91 Å². The fourth-order valence-corrected chi connectivity index (χ4v) is 3.96. The Kier molecular flexibility index (Phi) is 5.59. The van der Waals surface area contributed by atoms with E-state index in [4.69, 9.17) is 12.2 Å². The van der Waals surface area contributed by atoms with E-state index in [0.29, 0.717) is 33.7 Å². The van der Waals surface area contributed by atoms with Crippen LogP contribution < -0.4 is 5.32 Å². The standard InChI is InChI=1S/C20H17N7OS2/c1-3-9-27-17(25-26-20(27)29)15-12(2)23-19(30-15)24-18(28)14-10-21-16(22-11-14)13-7-5-4-6-8-13/h3-8,10-11H,1,9H2,2H3,(H,26,29)(H,23,24,28). The van der Waals surface area contributed by atoms with Crippen molar-refractivity contribution in [3.63, 3.8) is 0 Å². The molecule has 10 heteroatoms. The minimum Gasteiger partial charge on any atom is -0.298 e. The van der Waals surface area contributed by atoms with Gasteiger partial charge in [0, 0.05) is 24.5 Å². The first-order valence-electron chi connectivity index (χ1n) is 8.99. The van der Waals surface area contributed by atoms with E-state index in [1.54, 1.807) is 6.08 Å². The summed E-state index contributed by atoms with van der Waals surface area (Å²) < 4.78 is 2.32. The summed E-state index contributed by atoms with van der Waals surface area (Å²) in [6, 6.07) is 9.57. The molecule has 4 aromatic rings. The average molecular weight is 436 g/mol. The monoisotopic (exact) mass is 435 g/mol. The molecule has 1 amide bonds. The summed E-state index contributed by atoms with van der Waals surface area (Å²) in [4.78, 5) is 26.5. The molecule has 0 radical (unpaired) electrons. The van der Waals surface area contributed by atoms with Crippen molar-refractivity contribution in [2.45, 2.75) is 13.5 Å². The number of H-pyrrole nitrogens is 1. The second-order valence-corrected chi connectivity index (χ2v) is 7.69. The number of carbonyl (C=O) groups excluding carboxylic acids is 1. The van der Waals surface area contributed by atoms with Gasteiger partial charge in [-0.05, 0) is 19.1 Å². The van der Waals surface area contributed by atoms with Crippen LogP contribution in [0.2, 0.25) is 0 Å². The molecule has 0 saturated carbocycles. The molecule has 0 saturated heterocycles. The van der Waals surface area contributed by atoms with Gasteiger partial charge >= 0.3 is 0 Å². The van der Waals surface area contributed by atoms with E-state index in [9.17, 15) is 4.79 Å². The molecule has 150 valence electrons. The third-order valence-electron chi connectivity index (χ3n) is 4.24. The fraction of sp³-hybridized carbons (Fsp3) is 0.100. The van der Waals surface area contributed by atoms with Crippen molar-refractivity contribution >= 4 is 34.6 Å². The molecule has 4 rings (SSSR count). The maximum atomic E-state index is 12.6. The highest BCUT2D eigenvalue weighted by Crippen LogP contribution is 2.32. The maximum absolute atomic E-state index is 12.6. The second-order valence-electron chi connectivity index (χ2n) is 6.30. The van der Waals surface area contributed by atoms with Gasteiger partial charge in [0.2, 0.25) is 0 Å². The Balaban J connectivity index is 1.54. The molecule has 0 fully saturated rings. The maximum Gasteiger partial charge on any atom is 0.260 e. The number of carbonyl (C=O) groups is 1. The number of anilines is 1. The number of rotatable bonds is 6. The molecule has 0 aliphatic carbocycles. The van der Waals surface area contributed by atoms with Crippen LogP contribution in [-0.2, 0) is 6.54 Å². The molecule has 2 N–H and O–H groups in total. The Bertz CT molecular complexity index is 1260.